The Morgan fingerprint density at radius 3 is 2.41 bits per heavy atom. The third kappa shape index (κ3) is 2.71. The van der Waals surface area contributed by atoms with Crippen molar-refractivity contribution < 1.29 is 9.53 Å². The van der Waals surface area contributed by atoms with Crippen LogP contribution < -0.4 is 4.74 Å². The van der Waals surface area contributed by atoms with Gasteiger partial charge in [0.1, 0.15) is 11.7 Å². The van der Waals surface area contributed by atoms with Crippen LogP contribution in [-0.2, 0) is 0 Å². The second-order valence-electron chi connectivity index (χ2n) is 4.71. The molecule has 0 amide bonds. The number of rotatable bonds is 5. The van der Waals surface area contributed by atoms with Gasteiger partial charge in [-0.2, -0.15) is 5.21 Å². The van der Waals surface area contributed by atoms with Crippen LogP contribution in [0.2, 0.25) is 0 Å². The Bertz CT molecular complexity index is 740. The van der Waals surface area contributed by atoms with Gasteiger partial charge in [0.2, 0.25) is 0 Å². The Morgan fingerprint density at radius 2 is 1.82 bits per heavy atom. The average Bonchev–Trinajstić information content (AvgIpc) is 3.10. The molecule has 1 atom stereocenters. The quantitative estimate of drug-likeness (QED) is 0.730. The molecule has 22 heavy (non-hydrogen) atoms. The number of nitrogens with one attached hydrogen (secondary N) is 1. The standard InChI is InChI=1S/C16H14N4O2/c1-22-13-9-7-11(8-10-13)14(16-17-19-20-18-16)15(21)12-5-3-2-4-6-12/h2-10,14H,1H3,(H,17,18,19,20)/i16+1. The normalized spacial score (nSPS) is 11.9. The molecule has 1 unspecified atom stereocenters. The average molecular weight is 295 g/mol. The van der Waals surface area contributed by atoms with Gasteiger partial charge in [-0.25, -0.2) is 0 Å². The maximum absolute atomic E-state index is 12.8. The first kappa shape index (κ1) is 13.9. The molecule has 0 bridgehead atoms. The molecule has 1 heterocycles. The molecule has 3 rings (SSSR count). The Hall–Kier alpha value is -3.02. The molecule has 2 aromatic carbocycles. The van der Waals surface area contributed by atoms with E-state index in [0.717, 1.165) is 11.3 Å². The van der Waals surface area contributed by atoms with Crippen LogP contribution in [0.1, 0.15) is 27.7 Å². The zero-order valence-electron chi connectivity index (χ0n) is 11.9. The predicted molar refractivity (Wildman–Crippen MR) is 79.8 cm³/mol. The summed E-state index contributed by atoms with van der Waals surface area (Å²) >= 11 is 0. The second-order valence-corrected chi connectivity index (χ2v) is 4.71. The summed E-state index contributed by atoms with van der Waals surface area (Å²) in [6, 6.07) is 16.4. The lowest BCUT2D eigenvalue weighted by Gasteiger charge is -2.13. The van der Waals surface area contributed by atoms with Crippen molar-refractivity contribution in [2.24, 2.45) is 0 Å². The van der Waals surface area contributed by atoms with E-state index in [-0.39, 0.29) is 5.78 Å². The van der Waals surface area contributed by atoms with E-state index in [0.29, 0.717) is 11.4 Å². The van der Waals surface area contributed by atoms with Crippen molar-refractivity contribution >= 4 is 5.78 Å². The zero-order chi connectivity index (χ0) is 15.4. The molecule has 3 aromatic rings. The number of carbonyl (C=O) groups excluding carboxylic acids is 1. The molecule has 110 valence electrons. The maximum atomic E-state index is 12.8. The van der Waals surface area contributed by atoms with Crippen LogP contribution in [0.5, 0.6) is 5.75 Å². The topological polar surface area (TPSA) is 80.8 Å². The van der Waals surface area contributed by atoms with Gasteiger partial charge in [0.15, 0.2) is 11.6 Å². The molecule has 6 nitrogen and oxygen atoms in total. The second kappa shape index (κ2) is 6.17. The third-order valence-corrected chi connectivity index (χ3v) is 3.39. The molecule has 1 N–H and O–H groups in total. The maximum Gasteiger partial charge on any atom is 0.189 e. The zero-order valence-corrected chi connectivity index (χ0v) is 11.9. The van der Waals surface area contributed by atoms with Crippen molar-refractivity contribution in [1.82, 2.24) is 20.6 Å². The molecule has 0 aliphatic carbocycles. The van der Waals surface area contributed by atoms with Crippen molar-refractivity contribution in [3.05, 3.63) is 71.5 Å². The monoisotopic (exact) mass is 295 g/mol. The molecular weight excluding hydrogens is 281 g/mol. The predicted octanol–water partition coefficient (Wildman–Crippen LogP) is 2.22. The number of ketones is 1. The van der Waals surface area contributed by atoms with E-state index >= 15 is 0 Å². The minimum absolute atomic E-state index is 0.0767. The highest BCUT2D eigenvalue weighted by molar-refractivity contribution is 6.02. The lowest BCUT2D eigenvalue weighted by atomic mass is 9.95. The molecule has 0 saturated heterocycles. The van der Waals surface area contributed by atoms with Gasteiger partial charge >= 0.3 is 0 Å². The van der Waals surface area contributed by atoms with Crippen molar-refractivity contribution in [1.29, 1.82) is 0 Å². The Morgan fingerprint density at radius 1 is 1.09 bits per heavy atom. The molecule has 0 spiro atoms. The highest BCUT2D eigenvalue weighted by Gasteiger charge is 2.27. The molecule has 0 fully saturated rings. The van der Waals surface area contributed by atoms with Crippen LogP contribution >= 0.6 is 0 Å². The molecule has 6 heteroatoms. The highest BCUT2D eigenvalue weighted by Crippen LogP contribution is 2.27. The van der Waals surface area contributed by atoms with E-state index in [1.807, 2.05) is 30.3 Å². The van der Waals surface area contributed by atoms with E-state index in [9.17, 15) is 4.79 Å². The smallest absolute Gasteiger partial charge is 0.189 e. The van der Waals surface area contributed by atoms with Crippen LogP contribution in [0.3, 0.4) is 0 Å². The summed E-state index contributed by atoms with van der Waals surface area (Å²) in [7, 11) is 1.60. The number of carbonyl (C=O) groups is 1. The number of ether oxygens (including phenoxy) is 1. The summed E-state index contributed by atoms with van der Waals surface area (Å²) in [5.74, 6) is 0.390. The largest absolute Gasteiger partial charge is 0.497 e. The van der Waals surface area contributed by atoms with E-state index in [4.69, 9.17) is 4.74 Å². The van der Waals surface area contributed by atoms with Gasteiger partial charge in [-0.3, -0.25) is 4.79 Å². The Kier molecular flexibility index (Phi) is 3.91. The molecule has 0 radical (unpaired) electrons. The number of methoxy groups -OCH3 is 1. The van der Waals surface area contributed by atoms with Crippen molar-refractivity contribution in [2.45, 2.75) is 5.92 Å². The summed E-state index contributed by atoms with van der Waals surface area (Å²) in [6.45, 7) is 0. The minimum Gasteiger partial charge on any atom is -0.497 e. The van der Waals surface area contributed by atoms with Gasteiger partial charge in [-0.15, -0.1) is 10.2 Å². The lowest BCUT2D eigenvalue weighted by molar-refractivity contribution is 0.0971. The van der Waals surface area contributed by atoms with Crippen LogP contribution in [0.25, 0.3) is 0 Å². The number of aromatic nitrogens is 4. The van der Waals surface area contributed by atoms with Gasteiger partial charge in [0.05, 0.1) is 7.11 Å². The van der Waals surface area contributed by atoms with Crippen molar-refractivity contribution in [3.63, 3.8) is 0 Å². The van der Waals surface area contributed by atoms with Gasteiger partial charge in [0.25, 0.3) is 0 Å². The molecule has 0 aliphatic rings. The van der Waals surface area contributed by atoms with Crippen molar-refractivity contribution in [3.8, 4) is 5.75 Å². The first-order valence-electron chi connectivity index (χ1n) is 6.76. The first-order valence-corrected chi connectivity index (χ1v) is 6.76. The summed E-state index contributed by atoms with van der Waals surface area (Å²) < 4.78 is 5.15. The first-order chi connectivity index (χ1) is 10.8. The summed E-state index contributed by atoms with van der Waals surface area (Å²) in [6.07, 6.45) is 0. The number of Topliss-reactive ketones (excluding diaryl/α,β-unsaturated/α-hetero) is 1. The number of aromatic amines is 1. The van der Waals surface area contributed by atoms with Gasteiger partial charge in [-0.05, 0) is 17.7 Å². The van der Waals surface area contributed by atoms with Gasteiger partial charge < -0.3 is 4.74 Å². The number of tetrazole rings is 1. The molecule has 0 aliphatic heterocycles. The van der Waals surface area contributed by atoms with Crippen LogP contribution in [0.4, 0.5) is 0 Å². The molecular formula is C16H14N4O2. The number of H-pyrrole nitrogens is 1. The van der Waals surface area contributed by atoms with Crippen LogP contribution in [-0.4, -0.2) is 33.5 Å². The Labute approximate surface area is 127 Å². The number of benzene rings is 2. The number of nitrogens with zero attached hydrogens (tertiary/aromatic N) is 3. The third-order valence-electron chi connectivity index (χ3n) is 3.39. The van der Waals surface area contributed by atoms with E-state index < -0.39 is 5.92 Å². The summed E-state index contributed by atoms with van der Waals surface area (Å²) in [5, 5.41) is 13.9. The van der Waals surface area contributed by atoms with Crippen molar-refractivity contribution in [2.75, 3.05) is 7.11 Å². The van der Waals surface area contributed by atoms with E-state index in [1.54, 1.807) is 31.4 Å². The summed E-state index contributed by atoms with van der Waals surface area (Å²) in [5.41, 5.74) is 1.39. The van der Waals surface area contributed by atoms with E-state index in [1.165, 1.54) is 0 Å². The molecule has 1 aromatic heterocycles. The molecule has 0 saturated carbocycles. The Balaban J connectivity index is 2.02. The fourth-order valence-corrected chi connectivity index (χ4v) is 2.27. The minimum atomic E-state index is -0.605. The van der Waals surface area contributed by atoms with Gasteiger partial charge in [-0.1, -0.05) is 47.7 Å². The summed E-state index contributed by atoms with van der Waals surface area (Å²) in [4.78, 5) is 12.8. The van der Waals surface area contributed by atoms with Crippen LogP contribution in [0.15, 0.2) is 54.6 Å². The highest BCUT2D eigenvalue weighted by atomic mass is 16.5. The number of hydrogen-bond acceptors (Lipinski definition) is 5. The number of hydrogen-bond donors (Lipinski definition) is 1. The van der Waals surface area contributed by atoms with Gasteiger partial charge in [0, 0.05) is 5.56 Å². The fourth-order valence-electron chi connectivity index (χ4n) is 2.27. The van der Waals surface area contributed by atoms with E-state index in [2.05, 4.69) is 20.6 Å². The fraction of sp³-hybridized carbons (Fsp3) is 0.125. The lowest BCUT2D eigenvalue weighted by Crippen LogP contribution is -2.16. The SMILES string of the molecule is COc1ccc(C(C(=O)c2ccccc2)[13c]2nn[nH]n2)cc1. The van der Waals surface area contributed by atoms with Crippen LogP contribution in [0, 0.1) is 0 Å².